The van der Waals surface area contributed by atoms with E-state index < -0.39 is 6.10 Å². The lowest BCUT2D eigenvalue weighted by Gasteiger charge is -2.31. The molecule has 1 aromatic carbocycles. The summed E-state index contributed by atoms with van der Waals surface area (Å²) in [4.78, 5) is 0. The first kappa shape index (κ1) is 15.3. The summed E-state index contributed by atoms with van der Waals surface area (Å²) in [6.07, 6.45) is 6.10. The largest absolute Gasteiger partial charge is 0.389 e. The Morgan fingerprint density at radius 3 is 2.75 bits per heavy atom. The van der Waals surface area contributed by atoms with Crippen molar-refractivity contribution in [2.24, 2.45) is 5.92 Å². The van der Waals surface area contributed by atoms with Crippen molar-refractivity contribution in [2.45, 2.75) is 51.2 Å². The van der Waals surface area contributed by atoms with Crippen LogP contribution in [0, 0.1) is 5.92 Å². The highest BCUT2D eigenvalue weighted by molar-refractivity contribution is 5.42. The Morgan fingerprint density at radius 2 is 2.00 bits per heavy atom. The Balaban J connectivity index is 1.67. The second kappa shape index (κ2) is 8.28. The second-order valence-electron chi connectivity index (χ2n) is 5.73. The smallest absolute Gasteiger partial charge is 0.0945 e. The van der Waals surface area contributed by atoms with E-state index in [2.05, 4.69) is 12.2 Å². The van der Waals surface area contributed by atoms with Crippen LogP contribution in [0.15, 0.2) is 30.3 Å². The van der Waals surface area contributed by atoms with Crippen molar-refractivity contribution in [3.63, 3.8) is 0 Å². The van der Waals surface area contributed by atoms with E-state index in [0.29, 0.717) is 25.2 Å². The summed E-state index contributed by atoms with van der Waals surface area (Å²) < 4.78 is 5.95. The molecule has 3 heteroatoms. The average Bonchev–Trinajstić information content (AvgIpc) is 2.52. The molecule has 0 aromatic heterocycles. The molecule has 1 aliphatic carbocycles. The number of hydrogen-bond acceptors (Lipinski definition) is 3. The van der Waals surface area contributed by atoms with Crippen molar-refractivity contribution < 1.29 is 9.84 Å². The molecule has 0 heterocycles. The molecule has 0 aliphatic heterocycles. The van der Waals surface area contributed by atoms with Gasteiger partial charge in [-0.3, -0.25) is 0 Å². The van der Waals surface area contributed by atoms with Crippen molar-refractivity contribution in [2.75, 3.05) is 18.5 Å². The third-order valence-corrected chi connectivity index (χ3v) is 4.18. The molecule has 2 rings (SSSR count). The molecule has 3 unspecified atom stereocenters. The number of aliphatic hydroxyl groups is 1. The summed E-state index contributed by atoms with van der Waals surface area (Å²) in [5.74, 6) is 0.679. The van der Waals surface area contributed by atoms with Gasteiger partial charge in [0.15, 0.2) is 0 Å². The zero-order valence-electron chi connectivity index (χ0n) is 12.4. The van der Waals surface area contributed by atoms with Gasteiger partial charge in [0.05, 0.1) is 18.8 Å². The lowest BCUT2D eigenvalue weighted by Crippen LogP contribution is -2.32. The van der Waals surface area contributed by atoms with Crippen LogP contribution in [0.4, 0.5) is 5.69 Å². The first-order valence-electron chi connectivity index (χ1n) is 7.88. The van der Waals surface area contributed by atoms with E-state index in [0.717, 1.165) is 12.1 Å². The molecule has 1 saturated carbocycles. The van der Waals surface area contributed by atoms with Crippen LogP contribution in [0.25, 0.3) is 0 Å². The number of anilines is 1. The van der Waals surface area contributed by atoms with E-state index in [4.69, 9.17) is 4.74 Å². The van der Waals surface area contributed by atoms with E-state index in [9.17, 15) is 5.11 Å². The Morgan fingerprint density at radius 1 is 1.25 bits per heavy atom. The van der Waals surface area contributed by atoms with Crippen LogP contribution >= 0.6 is 0 Å². The topological polar surface area (TPSA) is 41.5 Å². The molecule has 1 fully saturated rings. The lowest BCUT2D eigenvalue weighted by molar-refractivity contribution is -0.0473. The molecule has 20 heavy (non-hydrogen) atoms. The van der Waals surface area contributed by atoms with Crippen LogP contribution in [-0.4, -0.2) is 30.5 Å². The Bertz CT molecular complexity index is 369. The molecular formula is C17H27NO2. The van der Waals surface area contributed by atoms with Crippen LogP contribution in [-0.2, 0) is 4.74 Å². The molecule has 3 atom stereocenters. The van der Waals surface area contributed by atoms with Gasteiger partial charge >= 0.3 is 0 Å². The molecule has 0 saturated heterocycles. The Hall–Kier alpha value is -1.06. The molecule has 0 amide bonds. The fourth-order valence-corrected chi connectivity index (χ4v) is 2.95. The Labute approximate surface area is 122 Å². The van der Waals surface area contributed by atoms with Crippen molar-refractivity contribution >= 4 is 5.69 Å². The maximum absolute atomic E-state index is 10.0. The minimum atomic E-state index is -0.449. The third kappa shape index (κ3) is 4.80. The highest BCUT2D eigenvalue weighted by Gasteiger charge is 2.24. The lowest BCUT2D eigenvalue weighted by atomic mass is 9.85. The maximum Gasteiger partial charge on any atom is 0.0945 e. The fraction of sp³-hybridized carbons (Fsp3) is 0.647. The molecule has 1 aromatic rings. The van der Waals surface area contributed by atoms with Crippen molar-refractivity contribution in [1.29, 1.82) is 0 Å². The molecule has 2 N–H and O–H groups in total. The zero-order chi connectivity index (χ0) is 14.2. The number of rotatable bonds is 7. The van der Waals surface area contributed by atoms with Gasteiger partial charge in [-0.1, -0.05) is 44.4 Å². The SMILES string of the molecule is CCC1CCCCC1OCC(O)CNc1ccccc1. The van der Waals surface area contributed by atoms with Gasteiger partial charge in [0.1, 0.15) is 0 Å². The van der Waals surface area contributed by atoms with Gasteiger partial charge in [-0.15, -0.1) is 0 Å². The Kier molecular flexibility index (Phi) is 6.34. The van der Waals surface area contributed by atoms with Gasteiger partial charge in [0.2, 0.25) is 0 Å². The molecule has 0 spiro atoms. The summed E-state index contributed by atoms with van der Waals surface area (Å²) in [5.41, 5.74) is 1.04. The number of ether oxygens (including phenoxy) is 1. The maximum atomic E-state index is 10.0. The van der Waals surface area contributed by atoms with E-state index in [1.54, 1.807) is 0 Å². The van der Waals surface area contributed by atoms with Crippen LogP contribution in [0.5, 0.6) is 0 Å². The normalized spacial score (nSPS) is 24.3. The van der Waals surface area contributed by atoms with Gasteiger partial charge < -0.3 is 15.2 Å². The van der Waals surface area contributed by atoms with E-state index in [-0.39, 0.29) is 0 Å². The second-order valence-corrected chi connectivity index (χ2v) is 5.73. The van der Waals surface area contributed by atoms with E-state index >= 15 is 0 Å². The number of benzene rings is 1. The van der Waals surface area contributed by atoms with Gasteiger partial charge in [-0.25, -0.2) is 0 Å². The monoisotopic (exact) mass is 277 g/mol. The highest BCUT2D eigenvalue weighted by Crippen LogP contribution is 2.29. The van der Waals surface area contributed by atoms with Crippen LogP contribution < -0.4 is 5.32 Å². The summed E-state index contributed by atoms with van der Waals surface area (Å²) in [7, 11) is 0. The van der Waals surface area contributed by atoms with Gasteiger partial charge in [0.25, 0.3) is 0 Å². The molecular weight excluding hydrogens is 250 g/mol. The summed E-state index contributed by atoms with van der Waals surface area (Å²) in [6.45, 7) is 3.20. The number of nitrogens with one attached hydrogen (secondary N) is 1. The van der Waals surface area contributed by atoms with Gasteiger partial charge in [-0.05, 0) is 30.9 Å². The molecule has 112 valence electrons. The number of aliphatic hydroxyl groups excluding tert-OH is 1. The van der Waals surface area contributed by atoms with Crippen molar-refractivity contribution in [1.82, 2.24) is 0 Å². The summed E-state index contributed by atoms with van der Waals surface area (Å²) in [6, 6.07) is 9.96. The molecule has 0 radical (unpaired) electrons. The first-order chi connectivity index (χ1) is 9.79. The number of para-hydroxylation sites is 1. The fourth-order valence-electron chi connectivity index (χ4n) is 2.95. The summed E-state index contributed by atoms with van der Waals surface area (Å²) in [5, 5.41) is 13.2. The quantitative estimate of drug-likeness (QED) is 0.802. The minimum Gasteiger partial charge on any atom is -0.389 e. The summed E-state index contributed by atoms with van der Waals surface area (Å²) >= 11 is 0. The minimum absolute atomic E-state index is 0.347. The van der Waals surface area contributed by atoms with Crippen molar-refractivity contribution in [3.8, 4) is 0 Å². The standard InChI is InChI=1S/C17H27NO2/c1-2-14-8-6-7-11-17(14)20-13-16(19)12-18-15-9-4-3-5-10-15/h3-5,9-10,14,16-19H,2,6-8,11-13H2,1H3. The molecule has 0 bridgehead atoms. The number of hydrogen-bond donors (Lipinski definition) is 2. The predicted molar refractivity (Wildman–Crippen MR) is 82.9 cm³/mol. The van der Waals surface area contributed by atoms with Gasteiger partial charge in [-0.2, -0.15) is 0 Å². The van der Waals surface area contributed by atoms with Crippen LogP contribution in [0.3, 0.4) is 0 Å². The third-order valence-electron chi connectivity index (χ3n) is 4.18. The first-order valence-corrected chi connectivity index (χ1v) is 7.88. The van der Waals surface area contributed by atoms with E-state index in [1.165, 1.54) is 25.7 Å². The van der Waals surface area contributed by atoms with Crippen LogP contribution in [0.2, 0.25) is 0 Å². The van der Waals surface area contributed by atoms with E-state index in [1.807, 2.05) is 30.3 Å². The van der Waals surface area contributed by atoms with Crippen LogP contribution in [0.1, 0.15) is 39.0 Å². The van der Waals surface area contributed by atoms with Crippen molar-refractivity contribution in [3.05, 3.63) is 30.3 Å². The van der Waals surface area contributed by atoms with Gasteiger partial charge in [0, 0.05) is 12.2 Å². The average molecular weight is 277 g/mol. The molecule has 3 nitrogen and oxygen atoms in total. The highest BCUT2D eigenvalue weighted by atomic mass is 16.5. The zero-order valence-corrected chi connectivity index (χ0v) is 12.4. The molecule has 1 aliphatic rings. The predicted octanol–water partition coefficient (Wildman–Crippen LogP) is 3.44.